The molecule has 0 unspecified atom stereocenters. The predicted molar refractivity (Wildman–Crippen MR) is 151 cm³/mol. The number of carbonyl (C=O) groups excluding carboxylic acids is 2. The zero-order valence-electron chi connectivity index (χ0n) is 22.4. The molecule has 2 saturated heterocycles. The number of anilines is 1. The third kappa shape index (κ3) is 8.47. The largest absolute Gasteiger partial charge is 0.465 e. The van der Waals surface area contributed by atoms with Crippen molar-refractivity contribution in [3.05, 3.63) is 40.4 Å². The van der Waals surface area contributed by atoms with Crippen LogP contribution in [0.25, 0.3) is 0 Å². The van der Waals surface area contributed by atoms with Crippen LogP contribution in [0.5, 0.6) is 0 Å². The van der Waals surface area contributed by atoms with E-state index in [9.17, 15) is 14.4 Å². The lowest BCUT2D eigenvalue weighted by molar-refractivity contribution is -0.114. The van der Waals surface area contributed by atoms with Crippen molar-refractivity contribution >= 4 is 46.5 Å². The first-order valence-corrected chi connectivity index (χ1v) is 13.9. The minimum Gasteiger partial charge on any atom is -0.465 e. The minimum absolute atomic E-state index is 0.143. The van der Waals surface area contributed by atoms with Gasteiger partial charge in [0.15, 0.2) is 5.13 Å². The molecule has 210 valence electrons. The summed E-state index contributed by atoms with van der Waals surface area (Å²) in [5.74, 6) is -0.147. The molecule has 1 aromatic heterocycles. The molecule has 3 heterocycles. The standard InChI is InChI=1S/C26H36N8O4S/c1-19(35)29-24-30-22(8-5-20-3-6-21(7-4-20)27-18-28-25(36)37)23(39-24)17-32-11-15-34(16-12-32)26(38)33-13-9-31(2)10-14-33/h3-4,6-7,18H,5,8-17H2,1-2H3,(H,27,28)(H,36,37)(H,29,30,35). The van der Waals surface area contributed by atoms with Gasteiger partial charge in [-0.15, -0.1) is 11.3 Å². The Balaban J connectivity index is 1.33. The van der Waals surface area contributed by atoms with E-state index in [-0.39, 0.29) is 11.9 Å². The first kappa shape index (κ1) is 28.5. The molecule has 4 rings (SSSR count). The Morgan fingerprint density at radius 1 is 1.00 bits per heavy atom. The van der Waals surface area contributed by atoms with Crippen molar-refractivity contribution in [1.82, 2.24) is 29.9 Å². The highest BCUT2D eigenvalue weighted by molar-refractivity contribution is 7.15. The summed E-state index contributed by atoms with van der Waals surface area (Å²) in [6.45, 7) is 8.60. The van der Waals surface area contributed by atoms with E-state index in [0.29, 0.717) is 23.9 Å². The summed E-state index contributed by atoms with van der Waals surface area (Å²) in [5, 5.41) is 14.1. The molecule has 0 atom stereocenters. The van der Waals surface area contributed by atoms with Crippen LogP contribution < -0.4 is 10.6 Å². The van der Waals surface area contributed by atoms with Crippen molar-refractivity contribution in [2.45, 2.75) is 26.3 Å². The fourth-order valence-corrected chi connectivity index (χ4v) is 5.67. The van der Waals surface area contributed by atoms with Crippen molar-refractivity contribution in [3.8, 4) is 0 Å². The fraction of sp³-hybridized carbons (Fsp3) is 0.500. The van der Waals surface area contributed by atoms with Gasteiger partial charge in [0, 0.05) is 70.7 Å². The molecule has 2 aromatic rings. The lowest BCUT2D eigenvalue weighted by atomic mass is 10.1. The van der Waals surface area contributed by atoms with Crippen LogP contribution in [-0.4, -0.2) is 113 Å². The number of piperazine rings is 2. The number of aliphatic imine (C=N–C) groups is 1. The first-order valence-electron chi connectivity index (χ1n) is 13.1. The summed E-state index contributed by atoms with van der Waals surface area (Å²) in [6, 6.07) is 7.74. The Morgan fingerprint density at radius 3 is 2.26 bits per heavy atom. The maximum Gasteiger partial charge on any atom is 0.409 e. The Labute approximate surface area is 232 Å². The zero-order chi connectivity index (χ0) is 27.8. The third-order valence-corrected chi connectivity index (χ3v) is 7.83. The molecule has 39 heavy (non-hydrogen) atoms. The number of carboxylic acid groups (broad SMARTS) is 1. The van der Waals surface area contributed by atoms with E-state index in [1.54, 1.807) is 0 Å². The van der Waals surface area contributed by atoms with E-state index in [1.165, 1.54) is 18.3 Å². The van der Waals surface area contributed by atoms with Gasteiger partial charge in [0.2, 0.25) is 5.91 Å². The number of aryl methyl sites for hydroxylation is 2. The lowest BCUT2D eigenvalue weighted by Crippen LogP contribution is -2.56. The highest BCUT2D eigenvalue weighted by Gasteiger charge is 2.27. The van der Waals surface area contributed by atoms with Gasteiger partial charge in [-0.25, -0.2) is 19.6 Å². The summed E-state index contributed by atoms with van der Waals surface area (Å²) < 4.78 is 0. The summed E-state index contributed by atoms with van der Waals surface area (Å²) >= 11 is 1.51. The molecule has 4 amide bonds. The van der Waals surface area contributed by atoms with Gasteiger partial charge in [-0.2, -0.15) is 0 Å². The lowest BCUT2D eigenvalue weighted by Gasteiger charge is -2.39. The Bertz CT molecular complexity index is 1170. The number of nitrogens with zero attached hydrogens (tertiary/aromatic N) is 6. The molecule has 0 saturated carbocycles. The van der Waals surface area contributed by atoms with Gasteiger partial charge >= 0.3 is 12.1 Å². The molecule has 1 aromatic carbocycles. The van der Waals surface area contributed by atoms with Crippen molar-refractivity contribution in [2.24, 2.45) is 4.99 Å². The van der Waals surface area contributed by atoms with Crippen LogP contribution in [0.2, 0.25) is 0 Å². The first-order chi connectivity index (χ1) is 18.8. The second-order valence-corrected chi connectivity index (χ2v) is 10.9. The van der Waals surface area contributed by atoms with E-state index < -0.39 is 6.09 Å². The Morgan fingerprint density at radius 2 is 1.64 bits per heavy atom. The summed E-state index contributed by atoms with van der Waals surface area (Å²) in [5.41, 5.74) is 2.73. The zero-order valence-corrected chi connectivity index (χ0v) is 23.2. The monoisotopic (exact) mass is 556 g/mol. The number of hydrogen-bond acceptors (Lipinski definition) is 8. The maximum absolute atomic E-state index is 12.9. The van der Waals surface area contributed by atoms with Crippen LogP contribution in [0.3, 0.4) is 0 Å². The van der Waals surface area contributed by atoms with Gasteiger partial charge in [-0.05, 0) is 37.6 Å². The number of benzene rings is 1. The van der Waals surface area contributed by atoms with Crippen LogP contribution in [-0.2, 0) is 24.2 Å². The Kier molecular flexibility index (Phi) is 9.85. The molecule has 3 N–H and O–H groups in total. The van der Waals surface area contributed by atoms with E-state index >= 15 is 0 Å². The van der Waals surface area contributed by atoms with Crippen LogP contribution in [0.1, 0.15) is 23.1 Å². The highest BCUT2D eigenvalue weighted by Crippen LogP contribution is 2.27. The van der Waals surface area contributed by atoms with E-state index in [1.807, 2.05) is 34.1 Å². The molecule has 0 bridgehead atoms. The third-order valence-electron chi connectivity index (χ3n) is 6.83. The number of thiazole rings is 1. The Hall–Kier alpha value is -3.55. The molecule has 2 aliphatic rings. The quantitative estimate of drug-likeness (QED) is 0.336. The topological polar surface area (TPSA) is 134 Å². The molecule has 0 spiro atoms. The summed E-state index contributed by atoms with van der Waals surface area (Å²) in [6.07, 6.45) is 1.47. The molecule has 12 nitrogen and oxygen atoms in total. The molecule has 13 heteroatoms. The number of nitrogens with one attached hydrogen (secondary N) is 2. The maximum atomic E-state index is 12.9. The molecule has 0 radical (unpaired) electrons. The van der Waals surface area contributed by atoms with E-state index in [0.717, 1.165) is 81.1 Å². The van der Waals surface area contributed by atoms with Gasteiger partial charge in [0.1, 0.15) is 0 Å². The van der Waals surface area contributed by atoms with Crippen LogP contribution in [0.4, 0.5) is 20.4 Å². The van der Waals surface area contributed by atoms with E-state index in [2.05, 4.69) is 32.5 Å². The molecule has 2 aliphatic heterocycles. The second kappa shape index (κ2) is 13.5. The number of amides is 4. The average Bonchev–Trinajstić information content (AvgIpc) is 3.28. The van der Waals surface area contributed by atoms with Crippen LogP contribution in [0, 0.1) is 0 Å². The minimum atomic E-state index is -1.16. The number of aromatic nitrogens is 1. The summed E-state index contributed by atoms with van der Waals surface area (Å²) in [4.78, 5) is 53.5. The molecule has 2 fully saturated rings. The molecular weight excluding hydrogens is 520 g/mol. The number of carbonyl (C=O) groups is 3. The SMILES string of the molecule is CC(=O)Nc1nc(CCc2ccc(N=CNC(=O)O)cc2)c(CN2CCN(C(=O)N3CCN(C)CC3)CC2)s1. The normalized spacial score (nSPS) is 17.0. The van der Waals surface area contributed by atoms with Gasteiger partial charge in [0.25, 0.3) is 0 Å². The summed E-state index contributed by atoms with van der Waals surface area (Å²) in [7, 11) is 2.09. The van der Waals surface area contributed by atoms with Crippen LogP contribution in [0.15, 0.2) is 29.3 Å². The number of rotatable bonds is 8. The fourth-order valence-electron chi connectivity index (χ4n) is 4.58. The molecule has 0 aliphatic carbocycles. The average molecular weight is 557 g/mol. The van der Waals surface area contributed by atoms with Crippen molar-refractivity contribution in [3.63, 3.8) is 0 Å². The van der Waals surface area contributed by atoms with E-state index in [4.69, 9.17) is 10.1 Å². The van der Waals surface area contributed by atoms with Gasteiger partial charge in [-0.1, -0.05) is 12.1 Å². The van der Waals surface area contributed by atoms with Gasteiger partial charge < -0.3 is 25.1 Å². The van der Waals surface area contributed by atoms with Gasteiger partial charge in [-0.3, -0.25) is 15.0 Å². The van der Waals surface area contributed by atoms with Crippen molar-refractivity contribution in [1.29, 1.82) is 0 Å². The second-order valence-electron chi connectivity index (χ2n) is 9.78. The smallest absolute Gasteiger partial charge is 0.409 e. The molecular formula is C26H36N8O4S. The number of likely N-dealkylation sites (N-methyl/N-ethyl adjacent to an activating group) is 1. The van der Waals surface area contributed by atoms with Crippen LogP contribution >= 0.6 is 11.3 Å². The highest BCUT2D eigenvalue weighted by atomic mass is 32.1. The van der Waals surface area contributed by atoms with Crippen molar-refractivity contribution in [2.75, 3.05) is 64.7 Å². The number of urea groups is 1. The van der Waals surface area contributed by atoms with Crippen molar-refractivity contribution < 1.29 is 19.5 Å². The van der Waals surface area contributed by atoms with Gasteiger partial charge in [0.05, 0.1) is 17.7 Å². The predicted octanol–water partition coefficient (Wildman–Crippen LogP) is 2.30. The number of hydrogen-bond donors (Lipinski definition) is 3.